The lowest BCUT2D eigenvalue weighted by molar-refractivity contribution is -0.0975. The first-order valence-electron chi connectivity index (χ1n) is 7.49. The highest BCUT2D eigenvalue weighted by Crippen LogP contribution is 2.40. The van der Waals surface area contributed by atoms with E-state index in [-0.39, 0.29) is 16.7 Å². The molecular weight excluding hydrogens is 275 g/mol. The van der Waals surface area contributed by atoms with Crippen LogP contribution in [-0.4, -0.2) is 21.7 Å². The Balaban J connectivity index is 1.77. The first kappa shape index (κ1) is 14.2. The third-order valence-electron chi connectivity index (χ3n) is 4.57. The standard InChI is InChI=1S/C16H21FO2S/c17-14-6-2-3-7-15(14)20(18)13-8-11-19-16(12-13)9-4-1-5-10-16/h2-3,6-7,13H,1,4-5,8-12H2. The molecular formula is C16H21FO2S. The van der Waals surface area contributed by atoms with Crippen molar-refractivity contribution in [3.05, 3.63) is 30.1 Å². The molecule has 2 fully saturated rings. The molecule has 110 valence electrons. The van der Waals surface area contributed by atoms with Crippen LogP contribution in [0, 0.1) is 5.82 Å². The van der Waals surface area contributed by atoms with Crippen molar-refractivity contribution >= 4 is 10.8 Å². The van der Waals surface area contributed by atoms with Gasteiger partial charge in [0.25, 0.3) is 0 Å². The Hall–Kier alpha value is -0.740. The van der Waals surface area contributed by atoms with Crippen molar-refractivity contribution in [3.8, 4) is 0 Å². The molecule has 0 radical (unpaired) electrons. The van der Waals surface area contributed by atoms with Gasteiger partial charge < -0.3 is 4.74 Å². The first-order chi connectivity index (χ1) is 9.70. The molecule has 20 heavy (non-hydrogen) atoms. The van der Waals surface area contributed by atoms with E-state index in [1.807, 2.05) is 0 Å². The summed E-state index contributed by atoms with van der Waals surface area (Å²) in [5, 5.41) is 0.0266. The molecule has 2 atom stereocenters. The largest absolute Gasteiger partial charge is 0.375 e. The summed E-state index contributed by atoms with van der Waals surface area (Å²) in [4.78, 5) is 0.352. The predicted molar refractivity (Wildman–Crippen MR) is 77.6 cm³/mol. The summed E-state index contributed by atoms with van der Waals surface area (Å²) in [7, 11) is -1.26. The van der Waals surface area contributed by atoms with E-state index in [1.54, 1.807) is 18.2 Å². The van der Waals surface area contributed by atoms with Gasteiger partial charge in [0.15, 0.2) is 0 Å². The fraction of sp³-hybridized carbons (Fsp3) is 0.625. The van der Waals surface area contributed by atoms with Crippen molar-refractivity contribution in [2.45, 2.75) is 60.7 Å². The summed E-state index contributed by atoms with van der Waals surface area (Å²) in [6, 6.07) is 6.44. The molecule has 1 aliphatic heterocycles. The molecule has 2 aliphatic rings. The van der Waals surface area contributed by atoms with Crippen molar-refractivity contribution < 1.29 is 13.3 Å². The zero-order chi connectivity index (χ0) is 14.0. The molecule has 0 bridgehead atoms. The van der Waals surface area contributed by atoms with Crippen LogP contribution in [0.5, 0.6) is 0 Å². The summed E-state index contributed by atoms with van der Waals surface area (Å²) >= 11 is 0. The number of hydrogen-bond acceptors (Lipinski definition) is 2. The van der Waals surface area contributed by atoms with Crippen LogP contribution >= 0.6 is 0 Å². The lowest BCUT2D eigenvalue weighted by atomic mass is 9.80. The molecule has 4 heteroatoms. The molecule has 1 saturated heterocycles. The van der Waals surface area contributed by atoms with Crippen LogP contribution in [0.1, 0.15) is 44.9 Å². The second-order valence-electron chi connectivity index (χ2n) is 5.93. The summed E-state index contributed by atoms with van der Waals surface area (Å²) in [5.41, 5.74) is -0.0813. The zero-order valence-corrected chi connectivity index (χ0v) is 12.5. The molecule has 1 spiro atoms. The SMILES string of the molecule is O=S(c1ccccc1F)C1CCOC2(CCCCC2)C1. The normalized spacial score (nSPS) is 27.4. The average molecular weight is 296 g/mol. The van der Waals surface area contributed by atoms with Gasteiger partial charge in [0.05, 0.1) is 21.3 Å². The maximum absolute atomic E-state index is 13.8. The molecule has 1 heterocycles. The van der Waals surface area contributed by atoms with Crippen LogP contribution < -0.4 is 0 Å². The summed E-state index contributed by atoms with van der Waals surface area (Å²) in [6.07, 6.45) is 7.37. The highest BCUT2D eigenvalue weighted by Gasteiger charge is 2.40. The van der Waals surface area contributed by atoms with Gasteiger partial charge in [-0.25, -0.2) is 4.39 Å². The van der Waals surface area contributed by atoms with Gasteiger partial charge in [-0.05, 0) is 37.8 Å². The Labute approximate surface area is 122 Å². The van der Waals surface area contributed by atoms with Gasteiger partial charge in [-0.1, -0.05) is 31.4 Å². The molecule has 3 rings (SSSR count). The summed E-state index contributed by atoms with van der Waals surface area (Å²) in [5.74, 6) is -0.352. The maximum atomic E-state index is 13.8. The lowest BCUT2D eigenvalue weighted by Gasteiger charge is -2.43. The minimum absolute atomic E-state index is 0.0266. The minimum atomic E-state index is -1.26. The number of ether oxygens (including phenoxy) is 1. The van der Waals surface area contributed by atoms with E-state index in [9.17, 15) is 8.60 Å². The van der Waals surface area contributed by atoms with Gasteiger partial charge in [0.1, 0.15) is 5.82 Å². The van der Waals surface area contributed by atoms with Crippen LogP contribution in [0.4, 0.5) is 4.39 Å². The predicted octanol–water partition coefficient (Wildman–Crippen LogP) is 3.82. The average Bonchev–Trinajstić information content (AvgIpc) is 2.48. The highest BCUT2D eigenvalue weighted by molar-refractivity contribution is 7.85. The van der Waals surface area contributed by atoms with E-state index < -0.39 is 10.8 Å². The molecule has 1 aromatic rings. The van der Waals surface area contributed by atoms with Gasteiger partial charge in [0, 0.05) is 11.9 Å². The fourth-order valence-electron chi connectivity index (χ4n) is 3.50. The zero-order valence-electron chi connectivity index (χ0n) is 11.6. The van der Waals surface area contributed by atoms with Gasteiger partial charge in [0.2, 0.25) is 0 Å². The van der Waals surface area contributed by atoms with E-state index in [2.05, 4.69) is 0 Å². The number of rotatable bonds is 2. The monoisotopic (exact) mass is 296 g/mol. The molecule has 1 aromatic carbocycles. The minimum Gasteiger partial charge on any atom is -0.375 e. The topological polar surface area (TPSA) is 26.3 Å². The quantitative estimate of drug-likeness (QED) is 0.829. The molecule has 0 amide bonds. The van der Waals surface area contributed by atoms with E-state index in [0.29, 0.717) is 11.5 Å². The van der Waals surface area contributed by atoms with Gasteiger partial charge in [-0.2, -0.15) is 0 Å². The van der Waals surface area contributed by atoms with E-state index in [0.717, 1.165) is 25.7 Å². The van der Waals surface area contributed by atoms with Crippen molar-refractivity contribution in [3.63, 3.8) is 0 Å². The van der Waals surface area contributed by atoms with Gasteiger partial charge in [-0.3, -0.25) is 4.21 Å². The molecule has 0 aromatic heterocycles. The highest BCUT2D eigenvalue weighted by atomic mass is 32.2. The first-order valence-corrected chi connectivity index (χ1v) is 8.71. The Bertz CT molecular complexity index is 491. The van der Waals surface area contributed by atoms with Crippen molar-refractivity contribution in [2.75, 3.05) is 6.61 Å². The van der Waals surface area contributed by atoms with E-state index in [1.165, 1.54) is 25.3 Å². The summed E-state index contributed by atoms with van der Waals surface area (Å²) < 4.78 is 32.5. The third-order valence-corrected chi connectivity index (χ3v) is 6.34. The number of hydrogen-bond donors (Lipinski definition) is 0. The van der Waals surface area contributed by atoms with Gasteiger partial charge in [-0.15, -0.1) is 0 Å². The third kappa shape index (κ3) is 2.82. The van der Waals surface area contributed by atoms with Gasteiger partial charge >= 0.3 is 0 Å². The van der Waals surface area contributed by atoms with E-state index in [4.69, 9.17) is 4.74 Å². The Morgan fingerprint density at radius 3 is 2.70 bits per heavy atom. The van der Waals surface area contributed by atoms with Crippen molar-refractivity contribution in [1.82, 2.24) is 0 Å². The van der Waals surface area contributed by atoms with E-state index >= 15 is 0 Å². The second kappa shape index (κ2) is 5.94. The fourth-order valence-corrected chi connectivity index (χ4v) is 5.10. The maximum Gasteiger partial charge on any atom is 0.139 e. The van der Waals surface area contributed by atoms with Crippen LogP contribution in [0.15, 0.2) is 29.2 Å². The van der Waals surface area contributed by atoms with Crippen LogP contribution in [0.2, 0.25) is 0 Å². The Morgan fingerprint density at radius 1 is 1.20 bits per heavy atom. The molecule has 1 aliphatic carbocycles. The lowest BCUT2D eigenvalue weighted by Crippen LogP contribution is -2.44. The number of halogens is 1. The van der Waals surface area contributed by atoms with Crippen molar-refractivity contribution in [1.29, 1.82) is 0 Å². The molecule has 2 nitrogen and oxygen atoms in total. The Morgan fingerprint density at radius 2 is 1.95 bits per heavy atom. The second-order valence-corrected chi connectivity index (χ2v) is 7.64. The molecule has 1 saturated carbocycles. The molecule has 0 N–H and O–H groups in total. The summed E-state index contributed by atoms with van der Waals surface area (Å²) in [6.45, 7) is 0.658. The van der Waals surface area contributed by atoms with Crippen LogP contribution in [0.3, 0.4) is 0 Å². The van der Waals surface area contributed by atoms with Crippen molar-refractivity contribution in [2.24, 2.45) is 0 Å². The van der Waals surface area contributed by atoms with Crippen LogP contribution in [0.25, 0.3) is 0 Å². The number of benzene rings is 1. The smallest absolute Gasteiger partial charge is 0.139 e. The Kier molecular flexibility index (Phi) is 4.22. The molecule has 2 unspecified atom stereocenters. The van der Waals surface area contributed by atoms with Crippen LogP contribution in [-0.2, 0) is 15.5 Å².